The average molecular weight is 279 g/mol. The Hall–Kier alpha value is -1.95. The van der Waals surface area contributed by atoms with E-state index in [2.05, 4.69) is 15.5 Å². The van der Waals surface area contributed by atoms with Crippen molar-refractivity contribution in [1.29, 1.82) is 0 Å². The molecule has 0 atom stereocenters. The fourth-order valence-electron chi connectivity index (χ4n) is 1.74. The van der Waals surface area contributed by atoms with Gasteiger partial charge >= 0.3 is 0 Å². The van der Waals surface area contributed by atoms with Gasteiger partial charge in [0.2, 0.25) is 0 Å². The summed E-state index contributed by atoms with van der Waals surface area (Å²) in [7, 11) is 1.79. The van der Waals surface area contributed by atoms with Gasteiger partial charge in [0.15, 0.2) is 24.0 Å². The van der Waals surface area contributed by atoms with Crippen molar-refractivity contribution in [3.05, 3.63) is 41.3 Å². The summed E-state index contributed by atoms with van der Waals surface area (Å²) in [5.74, 6) is 0.952. The Morgan fingerprint density at radius 3 is 2.85 bits per heavy atom. The molecule has 0 saturated carbocycles. The van der Waals surface area contributed by atoms with E-state index in [1.807, 2.05) is 19.9 Å². The third kappa shape index (κ3) is 3.33. The van der Waals surface area contributed by atoms with E-state index in [1.165, 1.54) is 6.07 Å². The Morgan fingerprint density at radius 2 is 2.20 bits per heavy atom. The van der Waals surface area contributed by atoms with Crippen molar-refractivity contribution in [3.8, 4) is 5.75 Å². The van der Waals surface area contributed by atoms with Gasteiger partial charge in [-0.05, 0) is 13.1 Å². The van der Waals surface area contributed by atoms with Crippen LogP contribution in [0.5, 0.6) is 5.75 Å². The van der Waals surface area contributed by atoms with Gasteiger partial charge < -0.3 is 14.6 Å². The molecule has 1 aromatic heterocycles. The van der Waals surface area contributed by atoms with E-state index in [0.29, 0.717) is 18.3 Å². The van der Waals surface area contributed by atoms with E-state index >= 15 is 0 Å². The third-order valence-corrected chi connectivity index (χ3v) is 2.76. The number of nitrogens with one attached hydrogen (secondary N) is 1. The number of hydrogen-bond donors (Lipinski definition) is 1. The van der Waals surface area contributed by atoms with Gasteiger partial charge in [0.1, 0.15) is 0 Å². The van der Waals surface area contributed by atoms with Crippen LogP contribution in [0.2, 0.25) is 0 Å². The topological polar surface area (TPSA) is 60.2 Å². The zero-order chi connectivity index (χ0) is 14.5. The highest BCUT2D eigenvalue weighted by Gasteiger charge is 2.13. The first kappa shape index (κ1) is 14.5. The van der Waals surface area contributed by atoms with Crippen molar-refractivity contribution >= 4 is 0 Å². The molecule has 0 aliphatic heterocycles. The molecule has 0 amide bonds. The zero-order valence-electron chi connectivity index (χ0n) is 11.8. The molecule has 1 N–H and O–H groups in total. The Balaban J connectivity index is 2.09. The van der Waals surface area contributed by atoms with Gasteiger partial charge in [-0.1, -0.05) is 31.1 Å². The van der Waals surface area contributed by atoms with Crippen LogP contribution < -0.4 is 10.1 Å². The van der Waals surface area contributed by atoms with Crippen molar-refractivity contribution in [2.45, 2.75) is 32.9 Å². The van der Waals surface area contributed by atoms with Crippen molar-refractivity contribution in [2.75, 3.05) is 7.05 Å². The van der Waals surface area contributed by atoms with E-state index < -0.39 is 5.82 Å². The van der Waals surface area contributed by atoms with Crippen LogP contribution in [0.4, 0.5) is 4.39 Å². The lowest BCUT2D eigenvalue weighted by atomic mass is 10.2. The first-order valence-corrected chi connectivity index (χ1v) is 6.49. The van der Waals surface area contributed by atoms with Crippen LogP contribution in [-0.2, 0) is 13.2 Å². The molecule has 1 aromatic carbocycles. The van der Waals surface area contributed by atoms with Gasteiger partial charge in [0.05, 0.1) is 0 Å². The molecule has 6 heteroatoms. The van der Waals surface area contributed by atoms with Gasteiger partial charge in [0, 0.05) is 18.0 Å². The maximum absolute atomic E-state index is 13.8. The molecule has 0 unspecified atom stereocenters. The first-order valence-electron chi connectivity index (χ1n) is 6.49. The lowest BCUT2D eigenvalue weighted by Crippen LogP contribution is -2.09. The van der Waals surface area contributed by atoms with Crippen LogP contribution in [0.25, 0.3) is 0 Å². The van der Waals surface area contributed by atoms with Crippen molar-refractivity contribution in [3.63, 3.8) is 0 Å². The Kier molecular flexibility index (Phi) is 4.68. The second-order valence-electron chi connectivity index (χ2n) is 4.75. The van der Waals surface area contributed by atoms with Crippen LogP contribution in [-0.4, -0.2) is 17.2 Å². The highest BCUT2D eigenvalue weighted by Crippen LogP contribution is 2.23. The average Bonchev–Trinajstić information content (AvgIpc) is 2.87. The maximum Gasteiger partial charge on any atom is 0.264 e. The van der Waals surface area contributed by atoms with E-state index in [1.54, 1.807) is 13.1 Å². The predicted molar refractivity (Wildman–Crippen MR) is 71.9 cm³/mol. The lowest BCUT2D eigenvalue weighted by molar-refractivity contribution is 0.231. The van der Waals surface area contributed by atoms with Crippen molar-refractivity contribution < 1.29 is 13.7 Å². The molecular weight excluding hydrogens is 261 g/mol. The number of rotatable bonds is 6. The fraction of sp³-hybridized carbons (Fsp3) is 0.429. The molecule has 5 nitrogen and oxygen atoms in total. The lowest BCUT2D eigenvalue weighted by Gasteiger charge is -2.10. The van der Waals surface area contributed by atoms with Crippen LogP contribution in [0.1, 0.15) is 37.0 Å². The largest absolute Gasteiger partial charge is 0.480 e. The molecule has 20 heavy (non-hydrogen) atoms. The molecule has 0 spiro atoms. The van der Waals surface area contributed by atoms with E-state index in [0.717, 1.165) is 5.56 Å². The maximum atomic E-state index is 13.8. The minimum Gasteiger partial charge on any atom is -0.480 e. The predicted octanol–water partition coefficient (Wildman–Crippen LogP) is 2.63. The number of halogens is 1. The Bertz CT molecular complexity index is 569. The first-order chi connectivity index (χ1) is 9.61. The van der Waals surface area contributed by atoms with Crippen LogP contribution >= 0.6 is 0 Å². The van der Waals surface area contributed by atoms with Crippen molar-refractivity contribution in [1.82, 2.24) is 15.5 Å². The minimum atomic E-state index is -0.402. The molecule has 0 aliphatic rings. The van der Waals surface area contributed by atoms with Gasteiger partial charge in [-0.2, -0.15) is 4.98 Å². The Morgan fingerprint density at radius 1 is 1.40 bits per heavy atom. The summed E-state index contributed by atoms with van der Waals surface area (Å²) in [4.78, 5) is 4.19. The Labute approximate surface area is 117 Å². The highest BCUT2D eigenvalue weighted by atomic mass is 19.1. The summed E-state index contributed by atoms with van der Waals surface area (Å²) >= 11 is 0. The summed E-state index contributed by atoms with van der Waals surface area (Å²) in [6, 6.07) is 4.82. The number of benzene rings is 1. The van der Waals surface area contributed by atoms with Gasteiger partial charge in [-0.3, -0.25) is 0 Å². The van der Waals surface area contributed by atoms with E-state index in [9.17, 15) is 4.39 Å². The fourth-order valence-corrected chi connectivity index (χ4v) is 1.74. The molecule has 0 fully saturated rings. The van der Waals surface area contributed by atoms with E-state index in [4.69, 9.17) is 9.26 Å². The molecule has 0 aliphatic carbocycles. The summed E-state index contributed by atoms with van der Waals surface area (Å²) < 4.78 is 24.3. The minimum absolute atomic E-state index is 0.0529. The smallest absolute Gasteiger partial charge is 0.264 e. The monoisotopic (exact) mass is 279 g/mol. The number of hydrogen-bond acceptors (Lipinski definition) is 5. The third-order valence-electron chi connectivity index (χ3n) is 2.76. The number of nitrogens with zero attached hydrogens (tertiary/aromatic N) is 2. The molecule has 2 rings (SSSR count). The number of aromatic nitrogens is 2. The molecular formula is C14H18FN3O2. The highest BCUT2D eigenvalue weighted by molar-refractivity contribution is 5.34. The second-order valence-corrected chi connectivity index (χ2v) is 4.75. The summed E-state index contributed by atoms with van der Waals surface area (Å²) in [6.45, 7) is 4.51. The quantitative estimate of drug-likeness (QED) is 0.880. The summed E-state index contributed by atoms with van der Waals surface area (Å²) in [5, 5.41) is 6.81. The normalized spacial score (nSPS) is 11.1. The SMILES string of the molecule is CNCc1cccc(F)c1OCc1nc(C(C)C)no1. The standard InChI is InChI=1S/C14H18FN3O2/c1-9(2)14-17-12(20-18-14)8-19-13-10(7-16-3)5-4-6-11(13)15/h4-6,9,16H,7-8H2,1-3H3. The van der Waals surface area contributed by atoms with Gasteiger partial charge in [-0.25, -0.2) is 4.39 Å². The second kappa shape index (κ2) is 6.47. The van der Waals surface area contributed by atoms with E-state index in [-0.39, 0.29) is 18.3 Å². The van der Waals surface area contributed by atoms with Gasteiger partial charge in [0.25, 0.3) is 5.89 Å². The summed E-state index contributed by atoms with van der Waals surface area (Å²) in [6.07, 6.45) is 0. The molecule has 2 aromatic rings. The molecule has 0 radical (unpaired) electrons. The molecule has 0 saturated heterocycles. The van der Waals surface area contributed by atoms with Crippen LogP contribution in [0, 0.1) is 5.82 Å². The molecule has 1 heterocycles. The van der Waals surface area contributed by atoms with Crippen LogP contribution in [0.15, 0.2) is 22.7 Å². The molecule has 108 valence electrons. The zero-order valence-corrected chi connectivity index (χ0v) is 11.8. The number of para-hydroxylation sites is 1. The molecule has 0 bridgehead atoms. The summed E-state index contributed by atoms with van der Waals surface area (Å²) in [5.41, 5.74) is 0.746. The van der Waals surface area contributed by atoms with Crippen molar-refractivity contribution in [2.24, 2.45) is 0 Å². The van der Waals surface area contributed by atoms with Gasteiger partial charge in [-0.15, -0.1) is 0 Å². The van der Waals surface area contributed by atoms with Crippen LogP contribution in [0.3, 0.4) is 0 Å². The number of ether oxygens (including phenoxy) is 1.